The SMILES string of the molecule is CCCC(CC(=O)N[C@@H](C)c1ccccc1)C(C)C(=O)O. The van der Waals surface area contributed by atoms with Crippen LogP contribution in [0.1, 0.15) is 51.6 Å². The summed E-state index contributed by atoms with van der Waals surface area (Å²) in [6.07, 6.45) is 1.89. The topological polar surface area (TPSA) is 66.4 Å². The lowest BCUT2D eigenvalue weighted by Gasteiger charge is -2.21. The van der Waals surface area contributed by atoms with E-state index >= 15 is 0 Å². The van der Waals surface area contributed by atoms with E-state index in [9.17, 15) is 9.59 Å². The molecule has 0 aliphatic carbocycles. The molecule has 0 bridgehead atoms. The van der Waals surface area contributed by atoms with E-state index in [4.69, 9.17) is 5.11 Å². The Balaban J connectivity index is 2.59. The molecule has 0 saturated carbocycles. The van der Waals surface area contributed by atoms with Gasteiger partial charge in [-0.2, -0.15) is 0 Å². The molecule has 116 valence electrons. The quantitative estimate of drug-likeness (QED) is 0.771. The van der Waals surface area contributed by atoms with Crippen molar-refractivity contribution in [3.8, 4) is 0 Å². The predicted octanol–water partition coefficient (Wildman–Crippen LogP) is 3.39. The minimum Gasteiger partial charge on any atom is -0.481 e. The second-order valence-electron chi connectivity index (χ2n) is 5.58. The van der Waals surface area contributed by atoms with E-state index in [1.54, 1.807) is 6.92 Å². The van der Waals surface area contributed by atoms with Crippen LogP contribution in [0.3, 0.4) is 0 Å². The number of amides is 1. The Hall–Kier alpha value is -1.84. The van der Waals surface area contributed by atoms with Gasteiger partial charge in [0.25, 0.3) is 0 Å². The van der Waals surface area contributed by atoms with Crippen LogP contribution in [-0.2, 0) is 9.59 Å². The van der Waals surface area contributed by atoms with Crippen LogP contribution in [0.2, 0.25) is 0 Å². The molecule has 0 aliphatic heterocycles. The molecule has 0 aromatic heterocycles. The fourth-order valence-corrected chi connectivity index (χ4v) is 2.46. The summed E-state index contributed by atoms with van der Waals surface area (Å²) in [4.78, 5) is 23.2. The van der Waals surface area contributed by atoms with Gasteiger partial charge in [0.05, 0.1) is 12.0 Å². The van der Waals surface area contributed by atoms with Gasteiger partial charge in [0.15, 0.2) is 0 Å². The van der Waals surface area contributed by atoms with Crippen LogP contribution in [0.5, 0.6) is 0 Å². The van der Waals surface area contributed by atoms with Gasteiger partial charge in [0, 0.05) is 6.42 Å². The summed E-state index contributed by atoms with van der Waals surface area (Å²) in [5.41, 5.74) is 1.05. The Kier molecular flexibility index (Phi) is 6.92. The molecule has 0 spiro atoms. The molecule has 3 atom stereocenters. The molecule has 1 aromatic carbocycles. The summed E-state index contributed by atoms with van der Waals surface area (Å²) in [5.74, 6) is -1.53. The molecule has 0 fully saturated rings. The lowest BCUT2D eigenvalue weighted by Crippen LogP contribution is -2.31. The molecule has 2 unspecified atom stereocenters. The molecular weight excluding hydrogens is 266 g/mol. The van der Waals surface area contributed by atoms with Crippen molar-refractivity contribution < 1.29 is 14.7 Å². The Morgan fingerprint density at radius 2 is 1.81 bits per heavy atom. The highest BCUT2D eigenvalue weighted by Crippen LogP contribution is 2.22. The van der Waals surface area contributed by atoms with Crippen LogP contribution >= 0.6 is 0 Å². The van der Waals surface area contributed by atoms with E-state index in [2.05, 4.69) is 5.32 Å². The molecule has 2 N–H and O–H groups in total. The Morgan fingerprint density at radius 1 is 1.19 bits per heavy atom. The van der Waals surface area contributed by atoms with E-state index in [0.29, 0.717) is 0 Å². The summed E-state index contributed by atoms with van der Waals surface area (Å²) < 4.78 is 0. The van der Waals surface area contributed by atoms with Crippen molar-refractivity contribution in [1.82, 2.24) is 5.32 Å². The van der Waals surface area contributed by atoms with Crippen molar-refractivity contribution in [2.75, 3.05) is 0 Å². The van der Waals surface area contributed by atoms with Gasteiger partial charge in [-0.3, -0.25) is 9.59 Å². The first-order chi connectivity index (χ1) is 9.95. The maximum Gasteiger partial charge on any atom is 0.306 e. The zero-order chi connectivity index (χ0) is 15.8. The van der Waals surface area contributed by atoms with E-state index in [1.807, 2.05) is 44.2 Å². The lowest BCUT2D eigenvalue weighted by molar-refractivity contribution is -0.143. The first-order valence-electron chi connectivity index (χ1n) is 7.52. The summed E-state index contributed by atoms with van der Waals surface area (Å²) in [6.45, 7) is 5.62. The van der Waals surface area contributed by atoms with Crippen LogP contribution in [-0.4, -0.2) is 17.0 Å². The number of rotatable bonds is 8. The Morgan fingerprint density at radius 3 is 2.33 bits per heavy atom. The number of carbonyl (C=O) groups excluding carboxylic acids is 1. The molecule has 1 aromatic rings. The molecule has 0 saturated heterocycles. The standard InChI is InChI=1S/C17H25NO3/c1-4-8-15(12(2)17(20)21)11-16(19)18-13(3)14-9-6-5-7-10-14/h5-7,9-10,12-13,15H,4,8,11H2,1-3H3,(H,18,19)(H,20,21)/t12?,13-,15?/m0/s1. The van der Waals surface area contributed by atoms with Crippen LogP contribution in [0, 0.1) is 11.8 Å². The maximum absolute atomic E-state index is 12.1. The van der Waals surface area contributed by atoms with Crippen LogP contribution in [0.25, 0.3) is 0 Å². The summed E-state index contributed by atoms with van der Waals surface area (Å²) in [5, 5.41) is 12.1. The van der Waals surface area contributed by atoms with E-state index < -0.39 is 11.9 Å². The average molecular weight is 291 g/mol. The molecule has 4 nitrogen and oxygen atoms in total. The van der Waals surface area contributed by atoms with Gasteiger partial charge in [-0.05, 0) is 24.8 Å². The number of nitrogens with one attached hydrogen (secondary N) is 1. The van der Waals surface area contributed by atoms with Crippen molar-refractivity contribution in [1.29, 1.82) is 0 Å². The van der Waals surface area contributed by atoms with Crippen molar-refractivity contribution >= 4 is 11.9 Å². The maximum atomic E-state index is 12.1. The summed E-state index contributed by atoms with van der Waals surface area (Å²) in [6, 6.07) is 9.67. The smallest absolute Gasteiger partial charge is 0.306 e. The van der Waals surface area contributed by atoms with Crippen molar-refractivity contribution in [2.45, 2.75) is 46.1 Å². The third-order valence-electron chi connectivity index (χ3n) is 3.88. The summed E-state index contributed by atoms with van der Waals surface area (Å²) in [7, 11) is 0. The zero-order valence-electron chi connectivity index (χ0n) is 13.0. The molecule has 0 radical (unpaired) electrons. The van der Waals surface area contributed by atoms with Crippen LogP contribution in [0.4, 0.5) is 0 Å². The van der Waals surface area contributed by atoms with Gasteiger partial charge in [-0.1, -0.05) is 50.6 Å². The monoisotopic (exact) mass is 291 g/mol. The van der Waals surface area contributed by atoms with Gasteiger partial charge in [0.2, 0.25) is 5.91 Å². The van der Waals surface area contributed by atoms with E-state index in [-0.39, 0.29) is 24.3 Å². The average Bonchev–Trinajstić information content (AvgIpc) is 2.46. The Bertz CT molecular complexity index is 458. The van der Waals surface area contributed by atoms with Gasteiger partial charge >= 0.3 is 5.97 Å². The van der Waals surface area contributed by atoms with Crippen LogP contribution < -0.4 is 5.32 Å². The minimum atomic E-state index is -0.836. The third kappa shape index (κ3) is 5.58. The van der Waals surface area contributed by atoms with Crippen molar-refractivity contribution in [3.05, 3.63) is 35.9 Å². The normalized spacial score (nSPS) is 15.0. The number of benzene rings is 1. The number of hydrogen-bond donors (Lipinski definition) is 2. The second-order valence-corrected chi connectivity index (χ2v) is 5.58. The molecular formula is C17H25NO3. The number of hydrogen-bond acceptors (Lipinski definition) is 2. The number of carbonyl (C=O) groups is 2. The highest BCUT2D eigenvalue weighted by atomic mass is 16.4. The number of carboxylic acids is 1. The number of aliphatic carboxylic acids is 1. The largest absolute Gasteiger partial charge is 0.481 e. The molecule has 0 heterocycles. The first-order valence-corrected chi connectivity index (χ1v) is 7.52. The van der Waals surface area contributed by atoms with Gasteiger partial charge in [-0.15, -0.1) is 0 Å². The van der Waals surface area contributed by atoms with Gasteiger partial charge in [-0.25, -0.2) is 0 Å². The van der Waals surface area contributed by atoms with Crippen LogP contribution in [0.15, 0.2) is 30.3 Å². The fourth-order valence-electron chi connectivity index (χ4n) is 2.46. The molecule has 4 heteroatoms. The number of carboxylic acid groups (broad SMARTS) is 1. The third-order valence-corrected chi connectivity index (χ3v) is 3.88. The highest BCUT2D eigenvalue weighted by molar-refractivity contribution is 5.78. The zero-order valence-corrected chi connectivity index (χ0v) is 13.0. The van der Waals surface area contributed by atoms with E-state index in [0.717, 1.165) is 18.4 Å². The first kappa shape index (κ1) is 17.2. The minimum absolute atomic E-state index is 0.0684. The molecule has 21 heavy (non-hydrogen) atoms. The predicted molar refractivity (Wildman–Crippen MR) is 82.8 cm³/mol. The summed E-state index contributed by atoms with van der Waals surface area (Å²) >= 11 is 0. The molecule has 0 aliphatic rings. The molecule has 1 rings (SSSR count). The van der Waals surface area contributed by atoms with Crippen molar-refractivity contribution in [2.24, 2.45) is 11.8 Å². The second kappa shape index (κ2) is 8.45. The van der Waals surface area contributed by atoms with Gasteiger partial charge in [0.1, 0.15) is 0 Å². The lowest BCUT2D eigenvalue weighted by atomic mass is 9.87. The Labute approximate surface area is 126 Å². The van der Waals surface area contributed by atoms with Gasteiger partial charge < -0.3 is 10.4 Å². The van der Waals surface area contributed by atoms with E-state index in [1.165, 1.54) is 0 Å². The highest BCUT2D eigenvalue weighted by Gasteiger charge is 2.25. The fraction of sp³-hybridized carbons (Fsp3) is 0.529. The molecule has 1 amide bonds. The van der Waals surface area contributed by atoms with Crippen molar-refractivity contribution in [3.63, 3.8) is 0 Å².